The van der Waals surface area contributed by atoms with Gasteiger partial charge in [-0.3, -0.25) is 15.1 Å². The fourth-order valence-electron chi connectivity index (χ4n) is 4.14. The topological polar surface area (TPSA) is 178 Å². The number of amides is 3. The van der Waals surface area contributed by atoms with Gasteiger partial charge in [0.05, 0.1) is 0 Å². The summed E-state index contributed by atoms with van der Waals surface area (Å²) in [5.74, 6) is -0.968. The number of aromatic nitrogens is 2. The first-order chi connectivity index (χ1) is 17.1. The van der Waals surface area contributed by atoms with Gasteiger partial charge >= 0.3 is 6.03 Å². The van der Waals surface area contributed by atoms with Crippen molar-refractivity contribution in [3.05, 3.63) is 46.7 Å². The molecule has 0 bridgehead atoms. The molecular formula is C24H34ClN9O2. The molecule has 0 aliphatic carbocycles. The highest BCUT2D eigenvalue weighted by Crippen LogP contribution is 2.37. The number of likely N-dealkylation sites (tertiary alicyclic amines) is 1. The monoisotopic (exact) mass is 515 g/mol. The minimum absolute atomic E-state index is 0.0576. The zero-order valence-electron chi connectivity index (χ0n) is 20.6. The van der Waals surface area contributed by atoms with E-state index in [1.54, 1.807) is 0 Å². The second-order valence-corrected chi connectivity index (χ2v) is 9.72. The largest absolute Gasteiger partial charge is 0.382 e. The Balaban J connectivity index is 1.70. The molecule has 36 heavy (non-hydrogen) atoms. The maximum Gasteiger partial charge on any atom is 0.317 e. The summed E-state index contributed by atoms with van der Waals surface area (Å²) in [7, 11) is 0. The standard InChI is InChI=1S/C24H34ClN9O2/c1-15(2)30-23(36)34-12-10-24(11-13-34,9-8-16-6-4-3-5-7-16)14-29-22(28)33-21(35)17-19(26)32-20(27)18(25)31-17/h3-7,15H,8-14H2,1-2H3,(H,30,36)(H4,26,27,32)(H3,28,29,33,35). The van der Waals surface area contributed by atoms with E-state index in [0.717, 1.165) is 25.7 Å². The number of aliphatic imine (C=N–C) groups is 1. The van der Waals surface area contributed by atoms with Crippen molar-refractivity contribution in [1.82, 2.24) is 25.5 Å². The molecule has 194 valence electrons. The quantitative estimate of drug-likeness (QED) is 0.277. The highest BCUT2D eigenvalue weighted by Gasteiger charge is 2.36. The number of urea groups is 1. The molecule has 1 aromatic heterocycles. The highest BCUT2D eigenvalue weighted by atomic mass is 35.5. The van der Waals surface area contributed by atoms with Gasteiger partial charge in [-0.15, -0.1) is 0 Å². The number of carbonyl (C=O) groups excluding carboxylic acids is 2. The number of halogens is 1. The Morgan fingerprint density at radius 2 is 1.81 bits per heavy atom. The molecule has 1 aromatic carbocycles. The van der Waals surface area contributed by atoms with Crippen LogP contribution < -0.4 is 27.8 Å². The van der Waals surface area contributed by atoms with Gasteiger partial charge in [-0.05, 0) is 50.5 Å². The molecule has 12 heteroatoms. The van der Waals surface area contributed by atoms with Crippen molar-refractivity contribution in [2.45, 2.75) is 45.6 Å². The summed E-state index contributed by atoms with van der Waals surface area (Å²) >= 11 is 5.87. The second-order valence-electron chi connectivity index (χ2n) is 9.37. The lowest BCUT2D eigenvalue weighted by molar-refractivity contribution is 0.0970. The predicted molar refractivity (Wildman–Crippen MR) is 141 cm³/mol. The van der Waals surface area contributed by atoms with E-state index in [-0.39, 0.29) is 45.9 Å². The normalized spacial score (nSPS) is 15.6. The van der Waals surface area contributed by atoms with Gasteiger partial charge in [0, 0.05) is 25.7 Å². The lowest BCUT2D eigenvalue weighted by Gasteiger charge is -2.41. The number of nitrogen functional groups attached to an aromatic ring is 2. The molecule has 0 radical (unpaired) electrons. The van der Waals surface area contributed by atoms with Crippen LogP contribution >= 0.6 is 11.6 Å². The van der Waals surface area contributed by atoms with Crippen LogP contribution in [0.25, 0.3) is 0 Å². The minimum atomic E-state index is -0.679. The minimum Gasteiger partial charge on any atom is -0.382 e. The van der Waals surface area contributed by atoms with Crippen LogP contribution in [0.2, 0.25) is 5.15 Å². The van der Waals surface area contributed by atoms with Crippen LogP contribution in [0.15, 0.2) is 35.3 Å². The number of nitrogens with two attached hydrogens (primary N) is 3. The van der Waals surface area contributed by atoms with Crippen molar-refractivity contribution in [3.63, 3.8) is 0 Å². The number of hydrogen-bond acceptors (Lipinski definition) is 7. The van der Waals surface area contributed by atoms with E-state index in [2.05, 4.69) is 37.7 Å². The average Bonchev–Trinajstić information content (AvgIpc) is 2.84. The first-order valence-electron chi connectivity index (χ1n) is 11.9. The fraction of sp³-hybridized carbons (Fsp3) is 0.458. The highest BCUT2D eigenvalue weighted by molar-refractivity contribution is 6.31. The van der Waals surface area contributed by atoms with E-state index in [1.165, 1.54) is 5.56 Å². The van der Waals surface area contributed by atoms with E-state index in [4.69, 9.17) is 28.8 Å². The summed E-state index contributed by atoms with van der Waals surface area (Å²) in [5, 5.41) is 5.32. The Kier molecular flexibility index (Phi) is 8.92. The Morgan fingerprint density at radius 1 is 1.14 bits per heavy atom. The van der Waals surface area contributed by atoms with Gasteiger partial charge in [-0.1, -0.05) is 41.9 Å². The van der Waals surface area contributed by atoms with Gasteiger partial charge in [0.2, 0.25) is 0 Å². The molecule has 0 spiro atoms. The summed E-state index contributed by atoms with van der Waals surface area (Å²) in [6.45, 7) is 5.51. The van der Waals surface area contributed by atoms with Gasteiger partial charge in [0.15, 0.2) is 28.4 Å². The zero-order valence-corrected chi connectivity index (χ0v) is 21.4. The van der Waals surface area contributed by atoms with Crippen molar-refractivity contribution >= 4 is 41.1 Å². The maximum atomic E-state index is 12.6. The number of guanidine groups is 1. The summed E-state index contributed by atoms with van der Waals surface area (Å²) < 4.78 is 0. The fourth-order valence-corrected chi connectivity index (χ4v) is 4.27. The summed E-state index contributed by atoms with van der Waals surface area (Å²) in [6.07, 6.45) is 3.27. The zero-order chi connectivity index (χ0) is 26.3. The molecule has 2 aromatic rings. The third-order valence-electron chi connectivity index (χ3n) is 6.26. The lowest BCUT2D eigenvalue weighted by Crippen LogP contribution is -2.50. The van der Waals surface area contributed by atoms with Crippen LogP contribution in [0.1, 0.15) is 49.2 Å². The molecule has 0 unspecified atom stereocenters. The van der Waals surface area contributed by atoms with Gasteiger partial charge < -0.3 is 27.4 Å². The van der Waals surface area contributed by atoms with E-state index in [9.17, 15) is 9.59 Å². The van der Waals surface area contributed by atoms with Gasteiger partial charge in [0.1, 0.15) is 0 Å². The molecule has 1 fully saturated rings. The molecule has 0 atom stereocenters. The van der Waals surface area contributed by atoms with E-state index < -0.39 is 5.91 Å². The Hall–Kier alpha value is -3.60. The molecule has 3 amide bonds. The van der Waals surface area contributed by atoms with Crippen LogP contribution in [-0.4, -0.2) is 58.4 Å². The smallest absolute Gasteiger partial charge is 0.317 e. The summed E-state index contributed by atoms with van der Waals surface area (Å²) in [4.78, 5) is 39.1. The van der Waals surface area contributed by atoms with Crippen LogP contribution in [0.4, 0.5) is 16.4 Å². The number of rotatable bonds is 7. The first-order valence-corrected chi connectivity index (χ1v) is 12.3. The van der Waals surface area contributed by atoms with Crippen LogP contribution in [0.3, 0.4) is 0 Å². The lowest BCUT2D eigenvalue weighted by atomic mass is 9.74. The number of benzene rings is 1. The number of hydrogen-bond donors (Lipinski definition) is 5. The van der Waals surface area contributed by atoms with Crippen molar-refractivity contribution in [1.29, 1.82) is 0 Å². The van der Waals surface area contributed by atoms with Crippen LogP contribution in [0, 0.1) is 5.41 Å². The second kappa shape index (κ2) is 11.9. The molecule has 2 heterocycles. The first kappa shape index (κ1) is 27.0. The van der Waals surface area contributed by atoms with Gasteiger partial charge in [-0.25, -0.2) is 14.8 Å². The molecule has 3 rings (SSSR count). The van der Waals surface area contributed by atoms with E-state index in [0.29, 0.717) is 19.6 Å². The summed E-state index contributed by atoms with van der Waals surface area (Å²) in [5.41, 5.74) is 18.2. The molecule has 1 aliphatic rings. The average molecular weight is 516 g/mol. The molecule has 11 nitrogen and oxygen atoms in total. The molecule has 1 saturated heterocycles. The number of aryl methyl sites for hydroxylation is 1. The van der Waals surface area contributed by atoms with Crippen molar-refractivity contribution in [2.24, 2.45) is 16.1 Å². The third kappa shape index (κ3) is 7.20. The number of nitrogens with zero attached hydrogens (tertiary/aromatic N) is 4. The number of nitrogens with one attached hydrogen (secondary N) is 2. The van der Waals surface area contributed by atoms with Crippen LogP contribution in [0.5, 0.6) is 0 Å². The Morgan fingerprint density at radius 3 is 2.44 bits per heavy atom. The summed E-state index contributed by atoms with van der Waals surface area (Å²) in [6, 6.07) is 10.2. The molecular weight excluding hydrogens is 482 g/mol. The third-order valence-corrected chi connectivity index (χ3v) is 6.53. The maximum absolute atomic E-state index is 12.6. The molecule has 1 aliphatic heterocycles. The number of piperidine rings is 1. The number of carbonyl (C=O) groups is 2. The Bertz CT molecular complexity index is 1100. The van der Waals surface area contributed by atoms with Crippen molar-refractivity contribution in [2.75, 3.05) is 31.1 Å². The van der Waals surface area contributed by atoms with Crippen molar-refractivity contribution in [3.8, 4) is 0 Å². The number of anilines is 2. The molecule has 8 N–H and O–H groups in total. The van der Waals surface area contributed by atoms with E-state index in [1.807, 2.05) is 36.9 Å². The van der Waals surface area contributed by atoms with E-state index >= 15 is 0 Å². The van der Waals surface area contributed by atoms with Gasteiger partial charge in [-0.2, -0.15) is 0 Å². The van der Waals surface area contributed by atoms with Gasteiger partial charge in [0.25, 0.3) is 5.91 Å². The van der Waals surface area contributed by atoms with Crippen molar-refractivity contribution < 1.29 is 9.59 Å². The predicted octanol–water partition coefficient (Wildman–Crippen LogP) is 2.17. The van der Waals surface area contributed by atoms with Crippen LogP contribution in [-0.2, 0) is 6.42 Å². The molecule has 0 saturated carbocycles. The SMILES string of the molecule is CC(C)NC(=O)N1CCC(CCc2ccccc2)(CN=C(N)NC(=O)c2nc(Cl)c(N)nc2N)CC1. The Labute approximate surface area is 215 Å².